The van der Waals surface area contributed by atoms with Crippen LogP contribution in [0.3, 0.4) is 0 Å². The average Bonchev–Trinajstić information content (AvgIpc) is 2.66. The maximum Gasteiger partial charge on any atom is 0.0952 e. The van der Waals surface area contributed by atoms with Crippen molar-refractivity contribution in [3.63, 3.8) is 0 Å². The van der Waals surface area contributed by atoms with E-state index in [2.05, 4.69) is 41.3 Å². The number of piperidine rings is 3. The second kappa shape index (κ2) is 6.15. The molecule has 3 aliphatic heterocycles. The molecule has 2 bridgehead atoms. The van der Waals surface area contributed by atoms with Crippen LogP contribution in [-0.4, -0.2) is 34.1 Å². The molecule has 5 rings (SSSR count). The Morgan fingerprint density at radius 2 is 1.83 bits per heavy atom. The second-order valence-electron chi connectivity index (χ2n) is 7.08. The molecule has 4 heterocycles. The molecule has 0 radical (unpaired) electrons. The van der Waals surface area contributed by atoms with Gasteiger partial charge in [0.15, 0.2) is 0 Å². The summed E-state index contributed by atoms with van der Waals surface area (Å²) in [6, 6.07) is 10.2. The summed E-state index contributed by atoms with van der Waals surface area (Å²) in [5, 5.41) is 12.2. The number of hydrogen-bond acceptors (Lipinski definition) is 3. The third kappa shape index (κ3) is 2.40. The molecule has 0 spiro atoms. The van der Waals surface area contributed by atoms with Gasteiger partial charge in [0.05, 0.1) is 11.6 Å². The fourth-order valence-corrected chi connectivity index (χ4v) is 4.66. The monoisotopic (exact) mass is 320 g/mol. The van der Waals surface area contributed by atoms with E-state index in [9.17, 15) is 5.11 Å². The van der Waals surface area contributed by atoms with Gasteiger partial charge in [0.2, 0.25) is 0 Å². The van der Waals surface area contributed by atoms with E-state index in [1.165, 1.54) is 0 Å². The van der Waals surface area contributed by atoms with Gasteiger partial charge in [-0.25, -0.2) is 0 Å². The highest BCUT2D eigenvalue weighted by Gasteiger charge is 2.46. The maximum atomic E-state index is 11.2. The first-order valence-electron chi connectivity index (χ1n) is 8.73. The number of aromatic nitrogens is 1. The van der Waals surface area contributed by atoms with Gasteiger partial charge < -0.3 is 5.11 Å². The van der Waals surface area contributed by atoms with E-state index in [-0.39, 0.29) is 6.04 Å². The largest absolute Gasteiger partial charge is 0.387 e. The van der Waals surface area contributed by atoms with Crippen molar-refractivity contribution in [1.29, 1.82) is 0 Å². The second-order valence-corrected chi connectivity index (χ2v) is 7.08. The number of hydrogen-bond donors (Lipinski definition) is 1. The van der Waals surface area contributed by atoms with Crippen molar-refractivity contribution in [3.8, 4) is 0 Å². The predicted octanol–water partition coefficient (Wildman–Crippen LogP) is 3.58. The lowest BCUT2D eigenvalue weighted by atomic mass is 9.68. The van der Waals surface area contributed by atoms with Crippen molar-refractivity contribution >= 4 is 10.9 Å². The smallest absolute Gasteiger partial charge is 0.0952 e. The predicted molar refractivity (Wildman–Crippen MR) is 97.5 cm³/mol. The maximum absolute atomic E-state index is 11.2. The van der Waals surface area contributed by atoms with Crippen LogP contribution in [-0.2, 0) is 0 Å². The number of aliphatic hydroxyl groups is 1. The Morgan fingerprint density at radius 1 is 1.12 bits per heavy atom. The molecule has 124 valence electrons. The molecule has 0 saturated carbocycles. The van der Waals surface area contributed by atoms with Gasteiger partial charge in [0, 0.05) is 30.7 Å². The molecule has 3 aliphatic rings. The lowest BCUT2D eigenvalue weighted by molar-refractivity contribution is -0.0636. The van der Waals surface area contributed by atoms with Crippen LogP contribution in [0.4, 0.5) is 0 Å². The molecule has 1 aromatic heterocycles. The molecule has 3 nitrogen and oxygen atoms in total. The zero-order valence-electron chi connectivity index (χ0n) is 13.9. The van der Waals surface area contributed by atoms with Crippen molar-refractivity contribution in [2.75, 3.05) is 13.1 Å². The van der Waals surface area contributed by atoms with Crippen LogP contribution in [0.2, 0.25) is 0 Å². The quantitative estimate of drug-likeness (QED) is 0.875. The first kappa shape index (κ1) is 15.6. The van der Waals surface area contributed by atoms with E-state index >= 15 is 0 Å². The summed E-state index contributed by atoms with van der Waals surface area (Å²) >= 11 is 0. The van der Waals surface area contributed by atoms with Gasteiger partial charge in [-0.3, -0.25) is 9.88 Å². The van der Waals surface area contributed by atoms with Gasteiger partial charge in [0.25, 0.3) is 0 Å². The molecule has 24 heavy (non-hydrogen) atoms. The van der Waals surface area contributed by atoms with Crippen LogP contribution < -0.4 is 0 Å². The molecule has 3 fully saturated rings. The van der Waals surface area contributed by atoms with E-state index in [0.29, 0.717) is 17.8 Å². The van der Waals surface area contributed by atoms with Crippen LogP contribution in [0, 0.1) is 17.8 Å². The van der Waals surface area contributed by atoms with E-state index in [1.807, 2.05) is 24.3 Å². The Balaban J connectivity index is 1.67. The standard InChI is InChI=1S/C21H24N2O/c1-3-14-12-23-13-15(4-2)18(14)11-20(23)21(24)17-9-10-22-19-8-6-5-7-16(17)19/h3-10,14-15,18,20-21,24H,1-2,11-13H2/t14-,15?,18?,20+,21-/m0/s1. The zero-order chi connectivity index (χ0) is 16.7. The molecular formula is C21H24N2O. The van der Waals surface area contributed by atoms with Crippen LogP contribution in [0.5, 0.6) is 0 Å². The summed E-state index contributed by atoms with van der Waals surface area (Å²) < 4.78 is 0. The Morgan fingerprint density at radius 3 is 2.50 bits per heavy atom. The highest BCUT2D eigenvalue weighted by Crippen LogP contribution is 2.44. The van der Waals surface area contributed by atoms with Gasteiger partial charge in [-0.1, -0.05) is 30.4 Å². The number of benzene rings is 1. The number of aliphatic hydroxyl groups excluding tert-OH is 1. The van der Waals surface area contributed by atoms with E-state index < -0.39 is 6.10 Å². The first-order valence-corrected chi connectivity index (χ1v) is 8.73. The Kier molecular flexibility index (Phi) is 3.99. The fraction of sp³-hybridized carbons (Fsp3) is 0.381. The average molecular weight is 320 g/mol. The first-order chi connectivity index (χ1) is 11.7. The van der Waals surface area contributed by atoms with Crippen molar-refractivity contribution in [3.05, 3.63) is 67.4 Å². The minimum absolute atomic E-state index is 0.160. The van der Waals surface area contributed by atoms with Crippen LogP contribution in [0.25, 0.3) is 10.9 Å². The normalized spacial score (nSPS) is 33.3. The van der Waals surface area contributed by atoms with Gasteiger partial charge in [0.1, 0.15) is 0 Å². The molecular weight excluding hydrogens is 296 g/mol. The fourth-order valence-electron chi connectivity index (χ4n) is 4.66. The van der Waals surface area contributed by atoms with Gasteiger partial charge >= 0.3 is 0 Å². The molecule has 3 heteroatoms. The zero-order valence-corrected chi connectivity index (χ0v) is 13.9. The number of nitrogens with zero attached hydrogens (tertiary/aromatic N) is 2. The summed E-state index contributed by atoms with van der Waals surface area (Å²) in [4.78, 5) is 6.85. The topological polar surface area (TPSA) is 36.4 Å². The summed E-state index contributed by atoms with van der Waals surface area (Å²) in [6.07, 6.45) is 6.47. The summed E-state index contributed by atoms with van der Waals surface area (Å²) in [7, 11) is 0. The van der Waals surface area contributed by atoms with Crippen molar-refractivity contribution < 1.29 is 5.11 Å². The summed E-state index contributed by atoms with van der Waals surface area (Å²) in [6.45, 7) is 10.00. The molecule has 2 aromatic rings. The molecule has 6 atom stereocenters. The summed E-state index contributed by atoms with van der Waals surface area (Å²) in [5.74, 6) is 1.54. The highest BCUT2D eigenvalue weighted by molar-refractivity contribution is 5.82. The lowest BCUT2D eigenvalue weighted by Gasteiger charge is -2.53. The number of rotatable bonds is 4. The van der Waals surface area contributed by atoms with Gasteiger partial charge in [-0.2, -0.15) is 0 Å². The molecule has 1 N–H and O–H groups in total. The van der Waals surface area contributed by atoms with Crippen molar-refractivity contribution in [2.24, 2.45) is 17.8 Å². The van der Waals surface area contributed by atoms with E-state index in [1.54, 1.807) is 6.20 Å². The third-order valence-electron chi connectivity index (χ3n) is 5.94. The summed E-state index contributed by atoms with van der Waals surface area (Å²) in [5.41, 5.74) is 1.93. The Bertz CT molecular complexity index is 748. The number of pyridine rings is 1. The van der Waals surface area contributed by atoms with Crippen molar-refractivity contribution in [2.45, 2.75) is 18.6 Å². The van der Waals surface area contributed by atoms with Crippen molar-refractivity contribution in [1.82, 2.24) is 9.88 Å². The van der Waals surface area contributed by atoms with Gasteiger partial charge in [-0.05, 0) is 41.9 Å². The molecule has 0 aliphatic carbocycles. The minimum atomic E-state index is -0.489. The Labute approximate surface area is 143 Å². The van der Waals surface area contributed by atoms with E-state index in [4.69, 9.17) is 0 Å². The highest BCUT2D eigenvalue weighted by atomic mass is 16.3. The molecule has 3 unspecified atom stereocenters. The third-order valence-corrected chi connectivity index (χ3v) is 5.94. The van der Waals surface area contributed by atoms with Gasteiger partial charge in [-0.15, -0.1) is 13.2 Å². The molecule has 0 amide bonds. The molecule has 1 aromatic carbocycles. The van der Waals surface area contributed by atoms with Crippen LogP contribution >= 0.6 is 0 Å². The van der Waals surface area contributed by atoms with Crippen LogP contribution in [0.15, 0.2) is 61.8 Å². The number of para-hydroxylation sites is 1. The Hall–Kier alpha value is -1.97. The SMILES string of the molecule is C=CC1CN2C[C@H](C=C)C1C[C@@H]2[C@@H](O)c1ccnc2ccccc12. The number of fused-ring (bicyclic) bond motifs is 4. The minimum Gasteiger partial charge on any atom is -0.387 e. The molecule has 3 saturated heterocycles. The van der Waals surface area contributed by atoms with E-state index in [0.717, 1.165) is 36.0 Å². The van der Waals surface area contributed by atoms with Crippen LogP contribution in [0.1, 0.15) is 18.1 Å². The lowest BCUT2D eigenvalue weighted by Crippen LogP contribution is -2.58.